The van der Waals surface area contributed by atoms with Gasteiger partial charge in [0.15, 0.2) is 0 Å². The van der Waals surface area contributed by atoms with E-state index < -0.39 is 0 Å². The highest BCUT2D eigenvalue weighted by Crippen LogP contribution is 2.05. The Kier molecular flexibility index (Phi) is 2.49. The molecule has 0 fully saturated rings. The highest BCUT2D eigenvalue weighted by atomic mass is 15.0. The van der Waals surface area contributed by atoms with Crippen LogP contribution in [0.25, 0.3) is 0 Å². The summed E-state index contributed by atoms with van der Waals surface area (Å²) >= 11 is 0. The molecule has 1 heterocycles. The topological polar surface area (TPSA) is 63.8 Å². The van der Waals surface area contributed by atoms with E-state index in [-0.39, 0.29) is 6.04 Å². The second kappa shape index (κ2) is 3.58. The number of anilines is 2. The highest BCUT2D eigenvalue weighted by Gasteiger charge is 1.98. The molecular weight excluding hydrogens is 152 g/mol. The van der Waals surface area contributed by atoms with Crippen LogP contribution in [0.3, 0.4) is 0 Å². The molecular formula is C8H10N4. The van der Waals surface area contributed by atoms with Crippen molar-refractivity contribution in [3.8, 4) is 12.3 Å². The molecule has 0 saturated carbocycles. The number of nitrogens with zero attached hydrogens (tertiary/aromatic N) is 2. The van der Waals surface area contributed by atoms with Gasteiger partial charge in [0.25, 0.3) is 0 Å². The van der Waals surface area contributed by atoms with Crippen LogP contribution < -0.4 is 11.1 Å². The Labute approximate surface area is 71.2 Å². The summed E-state index contributed by atoms with van der Waals surface area (Å²) in [6, 6.07) is 1.58. The zero-order chi connectivity index (χ0) is 8.97. The molecule has 1 rings (SSSR count). The molecule has 0 spiro atoms. The van der Waals surface area contributed by atoms with Crippen molar-refractivity contribution in [2.45, 2.75) is 13.0 Å². The van der Waals surface area contributed by atoms with Gasteiger partial charge < -0.3 is 11.1 Å². The molecule has 1 aromatic heterocycles. The molecule has 0 bridgehead atoms. The van der Waals surface area contributed by atoms with Crippen LogP contribution in [0.4, 0.5) is 11.6 Å². The summed E-state index contributed by atoms with van der Waals surface area (Å²) in [5, 5.41) is 2.97. The Balaban J connectivity index is 2.71. The van der Waals surface area contributed by atoms with E-state index in [1.54, 1.807) is 6.07 Å². The fraction of sp³-hybridized carbons (Fsp3) is 0.250. The van der Waals surface area contributed by atoms with E-state index in [0.29, 0.717) is 11.6 Å². The van der Waals surface area contributed by atoms with Crippen LogP contribution in [0.5, 0.6) is 0 Å². The molecule has 3 N–H and O–H groups in total. The van der Waals surface area contributed by atoms with Crippen LogP contribution in [0.2, 0.25) is 0 Å². The SMILES string of the molecule is C#CC(C)Nc1cc(N)ncn1. The van der Waals surface area contributed by atoms with Gasteiger partial charge in [0.1, 0.15) is 18.0 Å². The van der Waals surface area contributed by atoms with Crippen LogP contribution in [0.1, 0.15) is 6.92 Å². The molecule has 1 aromatic rings. The summed E-state index contributed by atoms with van der Waals surface area (Å²) in [6.07, 6.45) is 6.56. The maximum Gasteiger partial charge on any atom is 0.132 e. The summed E-state index contributed by atoms with van der Waals surface area (Å²) in [5.41, 5.74) is 5.43. The molecule has 0 aliphatic carbocycles. The summed E-state index contributed by atoms with van der Waals surface area (Å²) in [7, 11) is 0. The van der Waals surface area contributed by atoms with E-state index in [4.69, 9.17) is 12.2 Å². The molecule has 0 radical (unpaired) electrons. The monoisotopic (exact) mass is 162 g/mol. The van der Waals surface area contributed by atoms with E-state index in [9.17, 15) is 0 Å². The van der Waals surface area contributed by atoms with Crippen molar-refractivity contribution in [2.75, 3.05) is 11.1 Å². The predicted molar refractivity (Wildman–Crippen MR) is 48.4 cm³/mol. The minimum atomic E-state index is -0.0562. The molecule has 0 saturated heterocycles. The third-order valence-electron chi connectivity index (χ3n) is 1.30. The Bertz CT molecular complexity index is 302. The first-order valence-corrected chi connectivity index (χ1v) is 3.52. The van der Waals surface area contributed by atoms with Crippen molar-refractivity contribution in [3.63, 3.8) is 0 Å². The van der Waals surface area contributed by atoms with Crippen molar-refractivity contribution in [1.82, 2.24) is 9.97 Å². The minimum absolute atomic E-state index is 0.0562. The van der Waals surface area contributed by atoms with Gasteiger partial charge >= 0.3 is 0 Å². The molecule has 0 aromatic carbocycles. The normalized spacial score (nSPS) is 11.7. The second-order valence-electron chi connectivity index (χ2n) is 2.36. The zero-order valence-corrected chi connectivity index (χ0v) is 6.78. The summed E-state index contributed by atoms with van der Waals surface area (Å²) in [5.74, 6) is 3.59. The molecule has 1 atom stereocenters. The Morgan fingerprint density at radius 3 is 3.00 bits per heavy atom. The minimum Gasteiger partial charge on any atom is -0.384 e. The quantitative estimate of drug-likeness (QED) is 0.621. The number of nitrogens with one attached hydrogen (secondary N) is 1. The lowest BCUT2D eigenvalue weighted by Gasteiger charge is -2.07. The van der Waals surface area contributed by atoms with Crippen molar-refractivity contribution < 1.29 is 0 Å². The third-order valence-corrected chi connectivity index (χ3v) is 1.30. The number of rotatable bonds is 2. The van der Waals surface area contributed by atoms with E-state index in [1.165, 1.54) is 6.33 Å². The van der Waals surface area contributed by atoms with Gasteiger partial charge in [0.2, 0.25) is 0 Å². The van der Waals surface area contributed by atoms with Crippen LogP contribution in [-0.2, 0) is 0 Å². The predicted octanol–water partition coefficient (Wildman–Crippen LogP) is 0.492. The summed E-state index contributed by atoms with van der Waals surface area (Å²) in [4.78, 5) is 7.68. The Morgan fingerprint density at radius 1 is 1.67 bits per heavy atom. The molecule has 4 nitrogen and oxygen atoms in total. The van der Waals surface area contributed by atoms with Crippen LogP contribution in [-0.4, -0.2) is 16.0 Å². The molecule has 0 aliphatic heterocycles. The van der Waals surface area contributed by atoms with Crippen molar-refractivity contribution >= 4 is 11.6 Å². The van der Waals surface area contributed by atoms with Gasteiger partial charge in [-0.25, -0.2) is 9.97 Å². The summed E-state index contributed by atoms with van der Waals surface area (Å²) < 4.78 is 0. The van der Waals surface area contributed by atoms with E-state index in [1.807, 2.05) is 6.92 Å². The van der Waals surface area contributed by atoms with Crippen LogP contribution in [0.15, 0.2) is 12.4 Å². The lowest BCUT2D eigenvalue weighted by Crippen LogP contribution is -2.13. The average Bonchev–Trinajstić information content (AvgIpc) is 2.04. The Morgan fingerprint density at radius 2 is 2.42 bits per heavy atom. The van der Waals surface area contributed by atoms with Gasteiger partial charge in [0.05, 0.1) is 6.04 Å². The number of nitrogen functional groups attached to an aromatic ring is 1. The maximum absolute atomic E-state index is 5.43. The van der Waals surface area contributed by atoms with Crippen molar-refractivity contribution in [2.24, 2.45) is 0 Å². The molecule has 4 heteroatoms. The maximum atomic E-state index is 5.43. The van der Waals surface area contributed by atoms with Gasteiger partial charge in [-0.1, -0.05) is 5.92 Å². The fourth-order valence-electron chi connectivity index (χ4n) is 0.715. The highest BCUT2D eigenvalue weighted by molar-refractivity contribution is 5.44. The van der Waals surface area contributed by atoms with Gasteiger partial charge in [-0.05, 0) is 6.92 Å². The molecule has 0 aliphatic rings. The van der Waals surface area contributed by atoms with Gasteiger partial charge in [-0.15, -0.1) is 6.42 Å². The van der Waals surface area contributed by atoms with Crippen molar-refractivity contribution in [1.29, 1.82) is 0 Å². The standard InChI is InChI=1S/C8H10N4/c1-3-6(2)12-8-4-7(9)10-5-11-8/h1,4-6H,2H3,(H3,9,10,11,12). The van der Waals surface area contributed by atoms with E-state index >= 15 is 0 Å². The van der Waals surface area contributed by atoms with Crippen LogP contribution >= 0.6 is 0 Å². The average molecular weight is 162 g/mol. The smallest absolute Gasteiger partial charge is 0.132 e. The van der Waals surface area contributed by atoms with Gasteiger partial charge in [-0.3, -0.25) is 0 Å². The molecule has 1 unspecified atom stereocenters. The summed E-state index contributed by atoms with van der Waals surface area (Å²) in [6.45, 7) is 1.86. The fourth-order valence-corrected chi connectivity index (χ4v) is 0.715. The zero-order valence-electron chi connectivity index (χ0n) is 6.78. The number of hydrogen-bond donors (Lipinski definition) is 2. The van der Waals surface area contributed by atoms with Gasteiger partial charge in [-0.2, -0.15) is 0 Å². The third kappa shape index (κ3) is 2.13. The number of hydrogen-bond acceptors (Lipinski definition) is 4. The van der Waals surface area contributed by atoms with E-state index in [2.05, 4.69) is 21.2 Å². The number of terminal acetylenes is 1. The largest absolute Gasteiger partial charge is 0.384 e. The number of aromatic nitrogens is 2. The first-order chi connectivity index (χ1) is 5.72. The lowest BCUT2D eigenvalue weighted by molar-refractivity contribution is 1.01. The van der Waals surface area contributed by atoms with Crippen LogP contribution in [0, 0.1) is 12.3 Å². The molecule has 0 amide bonds. The van der Waals surface area contributed by atoms with E-state index in [0.717, 1.165) is 0 Å². The van der Waals surface area contributed by atoms with Crippen molar-refractivity contribution in [3.05, 3.63) is 12.4 Å². The second-order valence-corrected chi connectivity index (χ2v) is 2.36. The molecule has 62 valence electrons. The number of nitrogens with two attached hydrogens (primary N) is 1. The lowest BCUT2D eigenvalue weighted by atomic mass is 10.3. The molecule has 12 heavy (non-hydrogen) atoms. The first-order valence-electron chi connectivity index (χ1n) is 3.52. The first kappa shape index (κ1) is 8.34. The Hall–Kier alpha value is -1.76. The van der Waals surface area contributed by atoms with Gasteiger partial charge in [0, 0.05) is 6.07 Å².